The maximum Gasteiger partial charge on any atom is 0.293 e. The lowest BCUT2D eigenvalue weighted by molar-refractivity contribution is -0.384. The van der Waals surface area contributed by atoms with Crippen molar-refractivity contribution in [2.24, 2.45) is 0 Å². The zero-order valence-corrected chi connectivity index (χ0v) is 17.4. The number of nitro groups is 1. The lowest BCUT2D eigenvalue weighted by atomic mass is 10.0. The van der Waals surface area contributed by atoms with E-state index in [1.165, 1.54) is 18.2 Å². The number of nitrogens with zero attached hydrogens (tertiary/aromatic N) is 3. The van der Waals surface area contributed by atoms with Crippen LogP contribution in [-0.4, -0.2) is 36.0 Å². The first-order chi connectivity index (χ1) is 14.8. The van der Waals surface area contributed by atoms with Gasteiger partial charge in [-0.15, -0.1) is 0 Å². The molecular formula is C22H24FN5O3. The Kier molecular flexibility index (Phi) is 6.70. The molecule has 0 aromatic heterocycles. The third-order valence-electron chi connectivity index (χ3n) is 5.07. The van der Waals surface area contributed by atoms with Gasteiger partial charge in [0.1, 0.15) is 11.5 Å². The molecule has 2 N–H and O–H groups in total. The molecule has 0 bridgehead atoms. The second-order valence-electron chi connectivity index (χ2n) is 7.82. The Bertz CT molecular complexity index is 1030. The molecule has 162 valence electrons. The molecule has 1 saturated heterocycles. The molecule has 0 radical (unpaired) electrons. The Hall–Kier alpha value is -3.67. The Morgan fingerprint density at radius 3 is 2.74 bits per heavy atom. The maximum absolute atomic E-state index is 14.4. The second-order valence-corrected chi connectivity index (χ2v) is 7.82. The van der Waals surface area contributed by atoms with Gasteiger partial charge in [0, 0.05) is 36.8 Å². The Morgan fingerprint density at radius 2 is 2.10 bits per heavy atom. The summed E-state index contributed by atoms with van der Waals surface area (Å²) < 4.78 is 14.4. The number of amides is 1. The molecule has 1 atom stereocenters. The van der Waals surface area contributed by atoms with Crippen LogP contribution in [0.15, 0.2) is 36.4 Å². The molecular weight excluding hydrogens is 401 g/mol. The number of rotatable bonds is 6. The fourth-order valence-electron chi connectivity index (χ4n) is 3.66. The van der Waals surface area contributed by atoms with Crippen LogP contribution in [0.2, 0.25) is 0 Å². The normalized spacial score (nSPS) is 16.0. The third kappa shape index (κ3) is 5.28. The number of carbonyl (C=O) groups is 1. The number of piperidine rings is 1. The number of anilines is 2. The SMILES string of the molecule is CC(C)NC(=O)c1ccc(NC2CCCN(c3ccc(C#N)cc3F)C2)c([N+](=O)[O-])c1. The molecule has 3 rings (SSSR count). The van der Waals surface area contributed by atoms with Gasteiger partial charge >= 0.3 is 0 Å². The smallest absolute Gasteiger partial charge is 0.293 e. The van der Waals surface area contributed by atoms with Crippen LogP contribution < -0.4 is 15.5 Å². The van der Waals surface area contributed by atoms with Gasteiger partial charge in [0.2, 0.25) is 0 Å². The van der Waals surface area contributed by atoms with Gasteiger partial charge < -0.3 is 15.5 Å². The van der Waals surface area contributed by atoms with Crippen molar-refractivity contribution in [1.29, 1.82) is 5.26 Å². The third-order valence-corrected chi connectivity index (χ3v) is 5.07. The van der Waals surface area contributed by atoms with E-state index in [2.05, 4.69) is 10.6 Å². The molecule has 0 spiro atoms. The predicted molar refractivity (Wildman–Crippen MR) is 116 cm³/mol. The molecule has 1 unspecified atom stereocenters. The molecule has 2 aromatic carbocycles. The highest BCUT2D eigenvalue weighted by atomic mass is 19.1. The van der Waals surface area contributed by atoms with Gasteiger partial charge in [-0.05, 0) is 57.0 Å². The summed E-state index contributed by atoms with van der Waals surface area (Å²) in [7, 11) is 0. The minimum absolute atomic E-state index is 0.0831. The van der Waals surface area contributed by atoms with Gasteiger partial charge in [-0.25, -0.2) is 4.39 Å². The molecule has 9 heteroatoms. The molecule has 1 fully saturated rings. The maximum atomic E-state index is 14.4. The lowest BCUT2D eigenvalue weighted by Crippen LogP contribution is -2.42. The van der Waals surface area contributed by atoms with Gasteiger partial charge in [-0.1, -0.05) is 0 Å². The van der Waals surface area contributed by atoms with E-state index in [1.807, 2.05) is 24.8 Å². The summed E-state index contributed by atoms with van der Waals surface area (Å²) >= 11 is 0. The van der Waals surface area contributed by atoms with Crippen LogP contribution in [0.1, 0.15) is 42.6 Å². The van der Waals surface area contributed by atoms with Gasteiger partial charge in [0.25, 0.3) is 11.6 Å². The molecule has 0 saturated carbocycles. The van der Waals surface area contributed by atoms with Crippen LogP contribution in [0.25, 0.3) is 0 Å². The van der Waals surface area contributed by atoms with Crippen molar-refractivity contribution in [3.8, 4) is 6.07 Å². The summed E-state index contributed by atoms with van der Waals surface area (Å²) in [6.45, 7) is 4.73. The Balaban J connectivity index is 1.78. The monoisotopic (exact) mass is 425 g/mol. The first-order valence-corrected chi connectivity index (χ1v) is 10.1. The molecule has 1 aliphatic heterocycles. The molecule has 0 aliphatic carbocycles. The van der Waals surface area contributed by atoms with E-state index in [0.29, 0.717) is 24.5 Å². The van der Waals surface area contributed by atoms with Crippen molar-refractivity contribution in [2.75, 3.05) is 23.3 Å². The van der Waals surface area contributed by atoms with E-state index >= 15 is 0 Å². The van der Waals surface area contributed by atoms with Gasteiger partial charge in [0.05, 0.1) is 22.2 Å². The van der Waals surface area contributed by atoms with Crippen molar-refractivity contribution in [3.05, 3.63) is 63.5 Å². The van der Waals surface area contributed by atoms with Crippen LogP contribution >= 0.6 is 0 Å². The average Bonchev–Trinajstić information content (AvgIpc) is 2.73. The number of nitro benzene ring substituents is 1. The number of nitrogens with one attached hydrogen (secondary N) is 2. The highest BCUT2D eigenvalue weighted by molar-refractivity contribution is 5.95. The quantitative estimate of drug-likeness (QED) is 0.538. The molecule has 1 heterocycles. The van der Waals surface area contributed by atoms with Crippen LogP contribution in [0.3, 0.4) is 0 Å². The summed E-state index contributed by atoms with van der Waals surface area (Å²) in [4.78, 5) is 25.1. The van der Waals surface area contributed by atoms with E-state index in [-0.39, 0.29) is 34.8 Å². The van der Waals surface area contributed by atoms with Crippen molar-refractivity contribution in [3.63, 3.8) is 0 Å². The predicted octanol–water partition coefficient (Wildman–Crippen LogP) is 3.82. The Morgan fingerprint density at radius 1 is 1.32 bits per heavy atom. The van der Waals surface area contributed by atoms with E-state index < -0.39 is 10.7 Å². The highest BCUT2D eigenvalue weighted by Crippen LogP contribution is 2.29. The van der Waals surface area contributed by atoms with Crippen molar-refractivity contribution in [2.45, 2.75) is 38.8 Å². The minimum Gasteiger partial charge on any atom is -0.375 e. The first-order valence-electron chi connectivity index (χ1n) is 10.1. The summed E-state index contributed by atoms with van der Waals surface area (Å²) in [5.74, 6) is -0.837. The largest absolute Gasteiger partial charge is 0.375 e. The summed E-state index contributed by atoms with van der Waals surface area (Å²) in [5.41, 5.74) is 1.01. The average molecular weight is 425 g/mol. The zero-order valence-electron chi connectivity index (χ0n) is 17.4. The summed E-state index contributed by atoms with van der Waals surface area (Å²) in [5, 5.41) is 26.4. The van der Waals surface area contributed by atoms with E-state index in [9.17, 15) is 19.3 Å². The van der Waals surface area contributed by atoms with Crippen LogP contribution in [0.4, 0.5) is 21.5 Å². The number of hydrogen-bond acceptors (Lipinski definition) is 6. The number of nitriles is 1. The molecule has 1 amide bonds. The second kappa shape index (κ2) is 9.43. The van der Waals surface area contributed by atoms with Crippen molar-refractivity contribution < 1.29 is 14.1 Å². The van der Waals surface area contributed by atoms with E-state index in [0.717, 1.165) is 12.8 Å². The number of benzene rings is 2. The van der Waals surface area contributed by atoms with Crippen LogP contribution in [0, 0.1) is 27.3 Å². The highest BCUT2D eigenvalue weighted by Gasteiger charge is 2.25. The topological polar surface area (TPSA) is 111 Å². The van der Waals surface area contributed by atoms with Crippen molar-refractivity contribution in [1.82, 2.24) is 5.32 Å². The molecule has 31 heavy (non-hydrogen) atoms. The lowest BCUT2D eigenvalue weighted by Gasteiger charge is -2.35. The first kappa shape index (κ1) is 22.0. The van der Waals surface area contributed by atoms with E-state index in [1.54, 1.807) is 18.2 Å². The summed E-state index contributed by atoms with van der Waals surface area (Å²) in [6.07, 6.45) is 1.54. The fourth-order valence-corrected chi connectivity index (χ4v) is 3.66. The minimum atomic E-state index is -0.518. The van der Waals surface area contributed by atoms with E-state index in [4.69, 9.17) is 5.26 Å². The Labute approximate surface area is 179 Å². The number of hydrogen-bond donors (Lipinski definition) is 2. The van der Waals surface area contributed by atoms with Gasteiger partial charge in [0.15, 0.2) is 0 Å². The summed E-state index contributed by atoms with van der Waals surface area (Å²) in [6, 6.07) is 10.4. The standard InChI is InChI=1S/C22H24FN5O3/c1-14(2)25-22(29)16-6-7-19(21(11-16)28(30)31)26-17-4-3-9-27(13-17)20-8-5-15(12-24)10-18(20)23/h5-8,10-11,14,17,26H,3-4,9,13H2,1-2H3,(H,25,29). The number of carbonyl (C=O) groups excluding carboxylic acids is 1. The molecule has 1 aliphatic rings. The fraction of sp³-hybridized carbons (Fsp3) is 0.364. The van der Waals surface area contributed by atoms with Gasteiger partial charge in [-0.2, -0.15) is 5.26 Å². The van der Waals surface area contributed by atoms with Gasteiger partial charge in [-0.3, -0.25) is 14.9 Å². The zero-order chi connectivity index (χ0) is 22.5. The van der Waals surface area contributed by atoms with Crippen LogP contribution in [0.5, 0.6) is 0 Å². The number of halogens is 1. The molecule has 2 aromatic rings. The van der Waals surface area contributed by atoms with Crippen molar-refractivity contribution >= 4 is 23.0 Å². The molecule has 8 nitrogen and oxygen atoms in total. The van der Waals surface area contributed by atoms with Crippen LogP contribution in [-0.2, 0) is 0 Å².